The lowest BCUT2D eigenvalue weighted by molar-refractivity contribution is 0.218. The van der Waals surface area contributed by atoms with Crippen LogP contribution in [-0.4, -0.2) is 16.1 Å². The quantitative estimate of drug-likeness (QED) is 0.675. The molecule has 3 aromatic rings. The summed E-state index contributed by atoms with van der Waals surface area (Å²) in [7, 11) is 0. The van der Waals surface area contributed by atoms with Gasteiger partial charge in [-0.2, -0.15) is 0 Å². The van der Waals surface area contributed by atoms with Crippen LogP contribution < -0.4 is 10.1 Å². The number of rotatable bonds is 5. The monoisotopic (exact) mass is 345 g/mol. The van der Waals surface area contributed by atoms with Crippen LogP contribution in [0, 0.1) is 19.7 Å². The van der Waals surface area contributed by atoms with Gasteiger partial charge >= 0.3 is 0 Å². The summed E-state index contributed by atoms with van der Waals surface area (Å²) < 4.78 is 19.5. The highest BCUT2D eigenvalue weighted by Crippen LogP contribution is 2.36. The van der Waals surface area contributed by atoms with Crippen molar-refractivity contribution in [3.05, 3.63) is 40.8 Å². The normalized spacial score (nSPS) is 12.4. The van der Waals surface area contributed by atoms with Gasteiger partial charge < -0.3 is 10.1 Å². The predicted octanol–water partition coefficient (Wildman–Crippen LogP) is 5.37. The Hall–Kier alpha value is -2.21. The smallest absolute Gasteiger partial charge is 0.146 e. The van der Waals surface area contributed by atoms with Crippen molar-refractivity contribution in [2.75, 3.05) is 5.32 Å². The Balaban J connectivity index is 2.03. The SMILES string of the molecule is CC[C@H](C)Oc1cc(F)ccc1Nc1ncnc2sc(C)c(C)c12. The van der Waals surface area contributed by atoms with Gasteiger partial charge in [0.25, 0.3) is 0 Å². The van der Waals surface area contributed by atoms with Crippen molar-refractivity contribution in [2.24, 2.45) is 0 Å². The molecule has 2 aromatic heterocycles. The zero-order valence-electron chi connectivity index (χ0n) is 14.2. The standard InChI is InChI=1S/C18H20FN3OS/c1-5-10(2)23-15-8-13(19)6-7-14(15)22-17-16-11(3)12(4)24-18(16)21-9-20-17/h6-10H,5H2,1-4H3,(H,20,21,22)/t10-/m0/s1. The number of ether oxygens (including phenoxy) is 1. The first-order valence-electron chi connectivity index (χ1n) is 7.93. The minimum absolute atomic E-state index is 0.00268. The number of fused-ring (bicyclic) bond motifs is 1. The molecule has 2 heterocycles. The third-order valence-corrected chi connectivity index (χ3v) is 5.18. The van der Waals surface area contributed by atoms with Crippen LogP contribution in [0.1, 0.15) is 30.7 Å². The summed E-state index contributed by atoms with van der Waals surface area (Å²) in [6.45, 7) is 8.12. The van der Waals surface area contributed by atoms with E-state index in [0.29, 0.717) is 17.3 Å². The molecule has 24 heavy (non-hydrogen) atoms. The number of hydrogen-bond acceptors (Lipinski definition) is 5. The van der Waals surface area contributed by atoms with E-state index in [1.54, 1.807) is 23.7 Å². The molecular formula is C18H20FN3OS. The lowest BCUT2D eigenvalue weighted by Gasteiger charge is -2.17. The summed E-state index contributed by atoms with van der Waals surface area (Å²) in [5.74, 6) is 0.873. The van der Waals surface area contributed by atoms with Crippen LogP contribution in [0.15, 0.2) is 24.5 Å². The number of halogens is 1. The fraction of sp³-hybridized carbons (Fsp3) is 0.333. The Morgan fingerprint density at radius 1 is 1.29 bits per heavy atom. The van der Waals surface area contributed by atoms with E-state index in [0.717, 1.165) is 22.2 Å². The van der Waals surface area contributed by atoms with Crippen molar-refractivity contribution in [2.45, 2.75) is 40.2 Å². The number of nitrogens with zero attached hydrogens (tertiary/aromatic N) is 2. The molecule has 0 radical (unpaired) electrons. The molecular weight excluding hydrogens is 325 g/mol. The van der Waals surface area contributed by atoms with Crippen LogP contribution in [0.4, 0.5) is 15.9 Å². The molecule has 0 saturated carbocycles. The average molecular weight is 345 g/mol. The Morgan fingerprint density at radius 2 is 2.08 bits per heavy atom. The third-order valence-electron chi connectivity index (χ3n) is 4.07. The number of hydrogen-bond donors (Lipinski definition) is 1. The molecule has 0 saturated heterocycles. The van der Waals surface area contributed by atoms with Gasteiger partial charge in [-0.25, -0.2) is 14.4 Å². The zero-order valence-corrected chi connectivity index (χ0v) is 15.0. The van der Waals surface area contributed by atoms with Gasteiger partial charge in [-0.3, -0.25) is 0 Å². The van der Waals surface area contributed by atoms with Crippen LogP contribution in [0.3, 0.4) is 0 Å². The minimum atomic E-state index is -0.325. The molecule has 126 valence electrons. The highest BCUT2D eigenvalue weighted by molar-refractivity contribution is 7.18. The minimum Gasteiger partial charge on any atom is -0.488 e. The summed E-state index contributed by atoms with van der Waals surface area (Å²) >= 11 is 1.64. The molecule has 3 rings (SSSR count). The first kappa shape index (κ1) is 16.6. The van der Waals surface area contributed by atoms with Crippen LogP contribution in [0.25, 0.3) is 10.2 Å². The second-order valence-corrected chi connectivity index (χ2v) is 6.99. The van der Waals surface area contributed by atoms with Crippen molar-refractivity contribution in [1.29, 1.82) is 0 Å². The highest BCUT2D eigenvalue weighted by atomic mass is 32.1. The molecule has 0 aliphatic heterocycles. The summed E-state index contributed by atoms with van der Waals surface area (Å²) in [4.78, 5) is 10.9. The summed E-state index contributed by atoms with van der Waals surface area (Å²) in [6, 6.07) is 4.49. The van der Waals surface area contributed by atoms with E-state index in [1.807, 2.05) is 13.8 Å². The second kappa shape index (κ2) is 6.73. The van der Waals surface area contributed by atoms with Crippen molar-refractivity contribution in [3.63, 3.8) is 0 Å². The fourth-order valence-electron chi connectivity index (χ4n) is 2.40. The Bertz CT molecular complexity index is 878. The highest BCUT2D eigenvalue weighted by Gasteiger charge is 2.15. The van der Waals surface area contributed by atoms with E-state index >= 15 is 0 Å². The zero-order chi connectivity index (χ0) is 17.3. The van der Waals surface area contributed by atoms with E-state index in [1.165, 1.54) is 17.0 Å². The first-order valence-corrected chi connectivity index (χ1v) is 8.75. The van der Waals surface area contributed by atoms with Gasteiger partial charge in [0, 0.05) is 10.9 Å². The van der Waals surface area contributed by atoms with E-state index in [9.17, 15) is 4.39 Å². The lowest BCUT2D eigenvalue weighted by Crippen LogP contribution is -2.11. The van der Waals surface area contributed by atoms with Crippen molar-refractivity contribution < 1.29 is 9.13 Å². The third kappa shape index (κ3) is 3.19. The van der Waals surface area contributed by atoms with E-state index in [4.69, 9.17) is 4.74 Å². The molecule has 0 amide bonds. The lowest BCUT2D eigenvalue weighted by atomic mass is 10.2. The molecule has 0 bridgehead atoms. The molecule has 1 aromatic carbocycles. The summed E-state index contributed by atoms with van der Waals surface area (Å²) in [5.41, 5.74) is 1.85. The molecule has 0 aliphatic carbocycles. The molecule has 1 N–H and O–H groups in total. The summed E-state index contributed by atoms with van der Waals surface area (Å²) in [5, 5.41) is 4.29. The Morgan fingerprint density at radius 3 is 2.83 bits per heavy atom. The van der Waals surface area contributed by atoms with Crippen LogP contribution in [0.5, 0.6) is 5.75 Å². The Labute approximate surface area is 144 Å². The average Bonchev–Trinajstić information content (AvgIpc) is 2.85. The first-order chi connectivity index (χ1) is 11.5. The second-order valence-electron chi connectivity index (χ2n) is 5.79. The number of aryl methyl sites for hydroxylation is 2. The maximum atomic E-state index is 13.6. The van der Waals surface area contributed by atoms with E-state index in [2.05, 4.69) is 29.1 Å². The number of benzene rings is 1. The molecule has 1 atom stereocenters. The molecule has 0 spiro atoms. The van der Waals surface area contributed by atoms with Crippen LogP contribution in [-0.2, 0) is 0 Å². The topological polar surface area (TPSA) is 47.0 Å². The van der Waals surface area contributed by atoms with Crippen LogP contribution in [0.2, 0.25) is 0 Å². The number of aromatic nitrogens is 2. The van der Waals surface area contributed by atoms with Crippen LogP contribution >= 0.6 is 11.3 Å². The van der Waals surface area contributed by atoms with Gasteiger partial charge in [0.2, 0.25) is 0 Å². The molecule has 0 aliphatic rings. The summed E-state index contributed by atoms with van der Waals surface area (Å²) in [6.07, 6.45) is 2.39. The maximum Gasteiger partial charge on any atom is 0.146 e. The van der Waals surface area contributed by atoms with Gasteiger partial charge in [-0.15, -0.1) is 11.3 Å². The Kier molecular flexibility index (Phi) is 4.66. The van der Waals surface area contributed by atoms with Crippen molar-refractivity contribution in [3.8, 4) is 5.75 Å². The van der Waals surface area contributed by atoms with Crippen molar-refractivity contribution in [1.82, 2.24) is 9.97 Å². The van der Waals surface area contributed by atoms with E-state index < -0.39 is 0 Å². The number of nitrogens with one attached hydrogen (secondary N) is 1. The maximum absolute atomic E-state index is 13.6. The van der Waals surface area contributed by atoms with Gasteiger partial charge in [0.05, 0.1) is 17.2 Å². The van der Waals surface area contributed by atoms with Gasteiger partial charge in [0.15, 0.2) is 0 Å². The van der Waals surface area contributed by atoms with Crippen molar-refractivity contribution >= 4 is 33.1 Å². The number of anilines is 2. The number of thiophene rings is 1. The fourth-order valence-corrected chi connectivity index (χ4v) is 3.40. The largest absolute Gasteiger partial charge is 0.488 e. The van der Waals surface area contributed by atoms with Gasteiger partial charge in [-0.05, 0) is 44.9 Å². The molecule has 0 fully saturated rings. The van der Waals surface area contributed by atoms with Gasteiger partial charge in [-0.1, -0.05) is 6.92 Å². The van der Waals surface area contributed by atoms with Gasteiger partial charge in [0.1, 0.15) is 28.5 Å². The molecule has 4 nitrogen and oxygen atoms in total. The predicted molar refractivity (Wildman–Crippen MR) is 97.0 cm³/mol. The molecule has 0 unspecified atom stereocenters. The van der Waals surface area contributed by atoms with E-state index in [-0.39, 0.29) is 11.9 Å². The molecule has 6 heteroatoms.